The highest BCUT2D eigenvalue weighted by Crippen LogP contribution is 2.29. The standard InChI is InChI=1S/C9H5F3N2O2.C2H6/c10-9(11,12)7-3-1-2-5-4-6(8(15)16)13-14(5)7;1-2/h1-4H,(H,15,16);1-2H3. The van der Waals surface area contributed by atoms with Crippen molar-refractivity contribution in [3.63, 3.8) is 0 Å². The molecular formula is C11H11F3N2O2. The minimum Gasteiger partial charge on any atom is -0.476 e. The molecule has 18 heavy (non-hydrogen) atoms. The molecule has 0 amide bonds. The molecule has 0 atom stereocenters. The van der Waals surface area contributed by atoms with Gasteiger partial charge in [0.05, 0.1) is 5.52 Å². The first kappa shape index (κ1) is 14.0. The minimum absolute atomic E-state index is 0.0900. The smallest absolute Gasteiger partial charge is 0.433 e. The Morgan fingerprint density at radius 2 is 1.94 bits per heavy atom. The number of carboxylic acid groups (broad SMARTS) is 1. The molecular weight excluding hydrogens is 249 g/mol. The molecule has 0 saturated heterocycles. The van der Waals surface area contributed by atoms with Crippen LogP contribution in [0.5, 0.6) is 0 Å². The summed E-state index contributed by atoms with van der Waals surface area (Å²) in [4.78, 5) is 10.6. The van der Waals surface area contributed by atoms with Crippen LogP contribution in [0.1, 0.15) is 30.0 Å². The number of aromatic nitrogens is 2. The highest BCUT2D eigenvalue weighted by atomic mass is 19.4. The summed E-state index contributed by atoms with van der Waals surface area (Å²) in [5, 5.41) is 12.0. The monoisotopic (exact) mass is 260 g/mol. The number of halogens is 3. The lowest BCUT2D eigenvalue weighted by molar-refractivity contribution is -0.142. The van der Waals surface area contributed by atoms with Crippen LogP contribution < -0.4 is 0 Å². The lowest BCUT2D eigenvalue weighted by atomic mass is 10.3. The Morgan fingerprint density at radius 3 is 2.44 bits per heavy atom. The highest BCUT2D eigenvalue weighted by molar-refractivity contribution is 5.87. The molecule has 7 heteroatoms. The third-order valence-corrected chi connectivity index (χ3v) is 2.00. The molecule has 0 bridgehead atoms. The molecule has 0 aliphatic carbocycles. The maximum Gasteiger partial charge on any atom is 0.433 e. The van der Waals surface area contributed by atoms with Gasteiger partial charge in [-0.3, -0.25) is 0 Å². The van der Waals surface area contributed by atoms with Gasteiger partial charge >= 0.3 is 12.1 Å². The van der Waals surface area contributed by atoms with E-state index in [4.69, 9.17) is 5.11 Å². The number of nitrogens with zero attached hydrogens (tertiary/aromatic N) is 2. The summed E-state index contributed by atoms with van der Waals surface area (Å²) in [7, 11) is 0. The van der Waals surface area contributed by atoms with E-state index in [-0.39, 0.29) is 5.52 Å². The zero-order valence-corrected chi connectivity index (χ0v) is 9.69. The van der Waals surface area contributed by atoms with Crippen molar-refractivity contribution in [1.82, 2.24) is 9.61 Å². The Kier molecular flexibility index (Phi) is 3.95. The summed E-state index contributed by atoms with van der Waals surface area (Å²) in [5.74, 6) is -1.36. The number of rotatable bonds is 1. The zero-order valence-electron chi connectivity index (χ0n) is 9.69. The number of aromatic carboxylic acids is 1. The van der Waals surface area contributed by atoms with Gasteiger partial charge in [0.25, 0.3) is 0 Å². The molecule has 0 unspecified atom stereocenters. The van der Waals surface area contributed by atoms with E-state index in [9.17, 15) is 18.0 Å². The summed E-state index contributed by atoms with van der Waals surface area (Å²) >= 11 is 0. The third-order valence-electron chi connectivity index (χ3n) is 2.00. The van der Waals surface area contributed by atoms with Crippen molar-refractivity contribution in [2.45, 2.75) is 20.0 Å². The number of alkyl halides is 3. The van der Waals surface area contributed by atoms with Crippen molar-refractivity contribution in [2.24, 2.45) is 0 Å². The van der Waals surface area contributed by atoms with Gasteiger partial charge in [-0.15, -0.1) is 0 Å². The van der Waals surface area contributed by atoms with E-state index in [0.29, 0.717) is 4.52 Å². The van der Waals surface area contributed by atoms with Crippen LogP contribution in [0.3, 0.4) is 0 Å². The number of pyridine rings is 1. The first-order valence-corrected chi connectivity index (χ1v) is 5.19. The Hall–Kier alpha value is -2.05. The molecule has 0 fully saturated rings. The van der Waals surface area contributed by atoms with Gasteiger partial charge in [-0.05, 0) is 18.2 Å². The van der Waals surface area contributed by atoms with E-state index < -0.39 is 23.5 Å². The lowest BCUT2D eigenvalue weighted by Crippen LogP contribution is -2.12. The van der Waals surface area contributed by atoms with Crippen LogP contribution in [0.2, 0.25) is 0 Å². The van der Waals surface area contributed by atoms with Crippen molar-refractivity contribution in [3.8, 4) is 0 Å². The van der Waals surface area contributed by atoms with Crippen molar-refractivity contribution < 1.29 is 23.1 Å². The van der Waals surface area contributed by atoms with Crippen molar-refractivity contribution in [3.05, 3.63) is 35.7 Å². The van der Waals surface area contributed by atoms with E-state index in [0.717, 1.165) is 12.1 Å². The summed E-state index contributed by atoms with van der Waals surface area (Å²) in [6.45, 7) is 4.00. The van der Waals surface area contributed by atoms with Crippen LogP contribution in [0.15, 0.2) is 24.3 Å². The number of carboxylic acids is 1. The molecule has 1 N–H and O–H groups in total. The fourth-order valence-electron chi connectivity index (χ4n) is 1.33. The summed E-state index contributed by atoms with van der Waals surface area (Å²) in [6.07, 6.45) is -4.57. The normalized spacial score (nSPS) is 10.9. The molecule has 2 heterocycles. The molecule has 0 aliphatic heterocycles. The van der Waals surface area contributed by atoms with Gasteiger partial charge in [-0.25, -0.2) is 9.31 Å². The number of hydrogen-bond acceptors (Lipinski definition) is 2. The molecule has 0 saturated carbocycles. The Labute approximate surface area is 101 Å². The lowest BCUT2D eigenvalue weighted by Gasteiger charge is -2.07. The maximum absolute atomic E-state index is 12.5. The fraction of sp³-hybridized carbons (Fsp3) is 0.273. The van der Waals surface area contributed by atoms with Crippen LogP contribution in [0.25, 0.3) is 5.52 Å². The summed E-state index contributed by atoms with van der Waals surface area (Å²) in [5.41, 5.74) is -1.33. The number of fused-ring (bicyclic) bond motifs is 1. The average molecular weight is 260 g/mol. The molecule has 0 aliphatic rings. The third kappa shape index (κ3) is 2.61. The van der Waals surface area contributed by atoms with Crippen molar-refractivity contribution in [2.75, 3.05) is 0 Å². The number of carbonyl (C=O) groups is 1. The molecule has 4 nitrogen and oxygen atoms in total. The number of hydrogen-bond donors (Lipinski definition) is 1. The topological polar surface area (TPSA) is 54.6 Å². The SMILES string of the molecule is CC.O=C(O)c1cc2cccc(C(F)(F)F)n2n1. The van der Waals surface area contributed by atoms with Gasteiger partial charge in [0.1, 0.15) is 5.69 Å². The molecule has 2 aromatic heterocycles. The second kappa shape index (κ2) is 5.07. The second-order valence-corrected chi connectivity index (χ2v) is 3.08. The highest BCUT2D eigenvalue weighted by Gasteiger charge is 2.34. The largest absolute Gasteiger partial charge is 0.476 e. The van der Waals surface area contributed by atoms with Gasteiger partial charge in [0.2, 0.25) is 0 Å². The molecule has 0 aromatic carbocycles. The van der Waals surface area contributed by atoms with E-state index >= 15 is 0 Å². The maximum atomic E-state index is 12.5. The summed E-state index contributed by atoms with van der Waals surface area (Å²) in [6, 6.07) is 4.48. The Bertz CT molecular complexity index is 561. The molecule has 2 aromatic rings. The Balaban J connectivity index is 0.000000771. The van der Waals surface area contributed by atoms with Gasteiger partial charge < -0.3 is 5.11 Å². The molecule has 0 spiro atoms. The minimum atomic E-state index is -4.57. The van der Waals surface area contributed by atoms with Crippen LogP contribution >= 0.6 is 0 Å². The van der Waals surface area contributed by atoms with Crippen LogP contribution in [-0.4, -0.2) is 20.7 Å². The predicted molar refractivity (Wildman–Crippen MR) is 58.5 cm³/mol. The van der Waals surface area contributed by atoms with E-state index in [1.165, 1.54) is 12.1 Å². The second-order valence-electron chi connectivity index (χ2n) is 3.08. The van der Waals surface area contributed by atoms with Crippen LogP contribution in [0, 0.1) is 0 Å². The Morgan fingerprint density at radius 1 is 1.33 bits per heavy atom. The quantitative estimate of drug-likeness (QED) is 0.857. The van der Waals surface area contributed by atoms with Gasteiger partial charge in [-0.2, -0.15) is 18.3 Å². The molecule has 98 valence electrons. The van der Waals surface area contributed by atoms with Crippen molar-refractivity contribution in [1.29, 1.82) is 0 Å². The van der Waals surface area contributed by atoms with Gasteiger partial charge in [0.15, 0.2) is 5.69 Å². The van der Waals surface area contributed by atoms with Crippen molar-refractivity contribution >= 4 is 11.5 Å². The van der Waals surface area contributed by atoms with E-state index in [1.54, 1.807) is 0 Å². The van der Waals surface area contributed by atoms with E-state index in [2.05, 4.69) is 5.10 Å². The summed E-state index contributed by atoms with van der Waals surface area (Å²) < 4.78 is 38.1. The fourth-order valence-corrected chi connectivity index (χ4v) is 1.33. The average Bonchev–Trinajstić information content (AvgIpc) is 2.73. The first-order chi connectivity index (χ1) is 8.39. The molecule has 0 radical (unpaired) electrons. The van der Waals surface area contributed by atoms with E-state index in [1.807, 2.05) is 13.8 Å². The van der Waals surface area contributed by atoms with Crippen LogP contribution in [-0.2, 0) is 6.18 Å². The van der Waals surface area contributed by atoms with Gasteiger partial charge in [-0.1, -0.05) is 19.9 Å². The first-order valence-electron chi connectivity index (χ1n) is 5.19. The van der Waals surface area contributed by atoms with Crippen LogP contribution in [0.4, 0.5) is 13.2 Å². The van der Waals surface area contributed by atoms with Gasteiger partial charge in [0, 0.05) is 0 Å². The predicted octanol–water partition coefficient (Wildman–Crippen LogP) is 3.08. The zero-order chi connectivity index (χ0) is 13.9. The molecule has 2 rings (SSSR count).